The number of rotatable bonds is 8. The molecular weight excluding hydrogens is 522 g/mol. The van der Waals surface area contributed by atoms with E-state index in [0.717, 1.165) is 18.7 Å². The second-order valence-electron chi connectivity index (χ2n) is 7.01. The van der Waals surface area contributed by atoms with Gasteiger partial charge in [-0.3, -0.25) is 9.79 Å². The van der Waals surface area contributed by atoms with Gasteiger partial charge in [0.15, 0.2) is 5.96 Å². The lowest BCUT2D eigenvalue weighted by Gasteiger charge is -2.13. The van der Waals surface area contributed by atoms with Gasteiger partial charge in [0.25, 0.3) is 5.91 Å². The fourth-order valence-corrected chi connectivity index (χ4v) is 2.98. The minimum Gasteiger partial charge on any atom is -0.356 e. The van der Waals surface area contributed by atoms with E-state index in [4.69, 9.17) is 0 Å². The molecule has 0 saturated heterocycles. The first kappa shape index (κ1) is 25.3. The number of amides is 1. The number of aryl methyl sites for hydroxylation is 1. The standard InChI is InChI=1S/C23H27FN6O.HI/c1-17-4-7-19(16-21(17)24)22(31)26-13-14-28-23(25-2)27-12-10-18-5-8-20(9-6-18)30-15-3-11-29-30;/h3-9,11,15-16H,10,12-14H2,1-2H3,(H,26,31)(H2,25,27,28);1H. The fourth-order valence-electron chi connectivity index (χ4n) is 2.98. The Kier molecular flexibility index (Phi) is 10.1. The number of hydrogen-bond donors (Lipinski definition) is 3. The Bertz CT molecular complexity index is 1020. The van der Waals surface area contributed by atoms with Crippen LogP contribution in [0.1, 0.15) is 21.5 Å². The van der Waals surface area contributed by atoms with Gasteiger partial charge in [-0.05, 0) is 54.8 Å². The molecule has 9 heteroatoms. The van der Waals surface area contributed by atoms with Crippen LogP contribution in [0.4, 0.5) is 4.39 Å². The van der Waals surface area contributed by atoms with Crippen molar-refractivity contribution < 1.29 is 9.18 Å². The van der Waals surface area contributed by atoms with Crippen molar-refractivity contribution in [3.8, 4) is 5.69 Å². The third-order valence-corrected chi connectivity index (χ3v) is 4.77. The topological polar surface area (TPSA) is 83.3 Å². The SMILES string of the molecule is CN=C(NCCNC(=O)c1ccc(C)c(F)c1)NCCc1ccc(-n2cccn2)cc1.I. The highest BCUT2D eigenvalue weighted by atomic mass is 127. The Morgan fingerprint density at radius 2 is 1.78 bits per heavy atom. The minimum atomic E-state index is -0.383. The quantitative estimate of drug-likeness (QED) is 0.174. The van der Waals surface area contributed by atoms with Crippen molar-refractivity contribution in [2.24, 2.45) is 4.99 Å². The molecule has 3 N–H and O–H groups in total. The maximum atomic E-state index is 13.6. The van der Waals surface area contributed by atoms with Crippen molar-refractivity contribution >= 4 is 35.8 Å². The maximum absolute atomic E-state index is 13.6. The number of carbonyl (C=O) groups excluding carboxylic acids is 1. The van der Waals surface area contributed by atoms with Crippen LogP contribution >= 0.6 is 24.0 Å². The largest absolute Gasteiger partial charge is 0.356 e. The number of nitrogens with one attached hydrogen (secondary N) is 3. The molecule has 1 amide bonds. The summed E-state index contributed by atoms with van der Waals surface area (Å²) in [7, 11) is 1.70. The molecule has 0 aliphatic rings. The molecule has 0 bridgehead atoms. The van der Waals surface area contributed by atoms with Crippen LogP contribution in [0, 0.1) is 12.7 Å². The van der Waals surface area contributed by atoms with Crippen molar-refractivity contribution in [2.75, 3.05) is 26.7 Å². The number of halogens is 2. The van der Waals surface area contributed by atoms with E-state index in [9.17, 15) is 9.18 Å². The summed E-state index contributed by atoms with van der Waals surface area (Å²) in [6, 6.07) is 14.6. The molecule has 0 radical (unpaired) electrons. The minimum absolute atomic E-state index is 0. The number of aromatic nitrogens is 2. The summed E-state index contributed by atoms with van der Waals surface area (Å²) in [5, 5.41) is 13.4. The van der Waals surface area contributed by atoms with Gasteiger partial charge >= 0.3 is 0 Å². The lowest BCUT2D eigenvalue weighted by atomic mass is 10.1. The van der Waals surface area contributed by atoms with Crippen LogP contribution < -0.4 is 16.0 Å². The van der Waals surface area contributed by atoms with Gasteiger partial charge in [0, 0.05) is 44.6 Å². The molecule has 7 nitrogen and oxygen atoms in total. The first-order valence-corrected chi connectivity index (χ1v) is 10.1. The number of guanidine groups is 1. The van der Waals surface area contributed by atoms with Gasteiger partial charge in [-0.1, -0.05) is 18.2 Å². The predicted octanol–water partition coefficient (Wildman–Crippen LogP) is 3.08. The van der Waals surface area contributed by atoms with Crippen molar-refractivity contribution in [2.45, 2.75) is 13.3 Å². The van der Waals surface area contributed by atoms with Gasteiger partial charge in [-0.2, -0.15) is 5.10 Å². The molecule has 1 aromatic heterocycles. The number of hydrogen-bond acceptors (Lipinski definition) is 3. The molecule has 1 heterocycles. The zero-order valence-corrected chi connectivity index (χ0v) is 20.5. The van der Waals surface area contributed by atoms with E-state index in [-0.39, 0.29) is 35.7 Å². The summed E-state index contributed by atoms with van der Waals surface area (Å²) in [5.41, 5.74) is 3.05. The van der Waals surface area contributed by atoms with Crippen LogP contribution in [-0.4, -0.2) is 48.3 Å². The third kappa shape index (κ3) is 7.33. The van der Waals surface area contributed by atoms with Crippen molar-refractivity contribution in [3.05, 3.63) is 83.4 Å². The van der Waals surface area contributed by atoms with E-state index in [0.29, 0.717) is 30.2 Å². The van der Waals surface area contributed by atoms with Gasteiger partial charge in [-0.25, -0.2) is 9.07 Å². The van der Waals surface area contributed by atoms with E-state index < -0.39 is 0 Å². The average molecular weight is 550 g/mol. The molecule has 0 atom stereocenters. The summed E-state index contributed by atoms with van der Waals surface area (Å²) in [6.45, 7) is 3.27. The van der Waals surface area contributed by atoms with Gasteiger partial charge in [0.1, 0.15) is 5.82 Å². The summed E-state index contributed by atoms with van der Waals surface area (Å²) < 4.78 is 15.4. The fraction of sp³-hybridized carbons (Fsp3) is 0.261. The molecule has 2 aromatic carbocycles. The first-order chi connectivity index (χ1) is 15.1. The number of aliphatic imine (C=N–C) groups is 1. The molecule has 0 aliphatic heterocycles. The monoisotopic (exact) mass is 550 g/mol. The highest BCUT2D eigenvalue weighted by molar-refractivity contribution is 14.0. The summed E-state index contributed by atoms with van der Waals surface area (Å²) in [6.07, 6.45) is 4.51. The van der Waals surface area contributed by atoms with Crippen molar-refractivity contribution in [3.63, 3.8) is 0 Å². The van der Waals surface area contributed by atoms with E-state index >= 15 is 0 Å². The van der Waals surface area contributed by atoms with Crippen molar-refractivity contribution in [1.82, 2.24) is 25.7 Å². The Labute approximate surface area is 204 Å². The molecule has 3 rings (SSSR count). The summed E-state index contributed by atoms with van der Waals surface area (Å²) in [4.78, 5) is 16.3. The van der Waals surface area contributed by atoms with Crippen LogP contribution in [0.25, 0.3) is 5.69 Å². The second kappa shape index (κ2) is 12.8. The molecule has 0 saturated carbocycles. The Hall–Kier alpha value is -2.95. The Morgan fingerprint density at radius 1 is 1.06 bits per heavy atom. The highest BCUT2D eigenvalue weighted by Gasteiger charge is 2.07. The lowest BCUT2D eigenvalue weighted by Crippen LogP contribution is -2.42. The molecule has 0 aliphatic carbocycles. The molecule has 0 spiro atoms. The second-order valence-corrected chi connectivity index (χ2v) is 7.01. The number of carbonyl (C=O) groups is 1. The lowest BCUT2D eigenvalue weighted by molar-refractivity contribution is 0.0954. The van der Waals surface area contributed by atoms with Crippen LogP contribution in [0.15, 0.2) is 65.9 Å². The Morgan fingerprint density at radius 3 is 2.44 bits per heavy atom. The van der Waals surface area contributed by atoms with Gasteiger partial charge < -0.3 is 16.0 Å². The van der Waals surface area contributed by atoms with Crippen molar-refractivity contribution in [1.29, 1.82) is 0 Å². The maximum Gasteiger partial charge on any atom is 0.251 e. The average Bonchev–Trinajstić information content (AvgIpc) is 3.32. The van der Waals surface area contributed by atoms with Crippen LogP contribution in [0.2, 0.25) is 0 Å². The normalized spacial score (nSPS) is 10.9. The van der Waals surface area contributed by atoms with Crippen LogP contribution in [0.3, 0.4) is 0 Å². The zero-order chi connectivity index (χ0) is 22.1. The first-order valence-electron chi connectivity index (χ1n) is 10.1. The third-order valence-electron chi connectivity index (χ3n) is 4.77. The van der Waals surface area contributed by atoms with Gasteiger partial charge in [-0.15, -0.1) is 24.0 Å². The molecule has 0 unspecified atom stereocenters. The van der Waals surface area contributed by atoms with E-state index in [1.165, 1.54) is 11.6 Å². The van der Waals surface area contributed by atoms with E-state index in [1.807, 2.05) is 29.1 Å². The van der Waals surface area contributed by atoms with Crippen LogP contribution in [-0.2, 0) is 6.42 Å². The summed E-state index contributed by atoms with van der Waals surface area (Å²) >= 11 is 0. The molecule has 170 valence electrons. The van der Waals surface area contributed by atoms with E-state index in [1.54, 1.807) is 32.3 Å². The molecule has 3 aromatic rings. The molecule has 32 heavy (non-hydrogen) atoms. The van der Waals surface area contributed by atoms with Gasteiger partial charge in [0.2, 0.25) is 0 Å². The van der Waals surface area contributed by atoms with Crippen LogP contribution in [0.5, 0.6) is 0 Å². The highest BCUT2D eigenvalue weighted by Crippen LogP contribution is 2.09. The smallest absolute Gasteiger partial charge is 0.251 e. The summed E-state index contributed by atoms with van der Waals surface area (Å²) in [5.74, 6) is -0.0302. The zero-order valence-electron chi connectivity index (χ0n) is 18.1. The predicted molar refractivity (Wildman–Crippen MR) is 136 cm³/mol. The Balaban J connectivity index is 0.00000363. The molecular formula is C23H28FIN6O. The molecule has 0 fully saturated rings. The number of benzene rings is 2. The number of nitrogens with zero attached hydrogens (tertiary/aromatic N) is 3. The van der Waals surface area contributed by atoms with Gasteiger partial charge in [0.05, 0.1) is 5.69 Å². The van der Waals surface area contributed by atoms with E-state index in [2.05, 4.69) is 38.2 Å².